The van der Waals surface area contributed by atoms with Gasteiger partial charge in [0.15, 0.2) is 23.0 Å². The van der Waals surface area contributed by atoms with Crippen LogP contribution in [0.3, 0.4) is 0 Å². The van der Waals surface area contributed by atoms with Gasteiger partial charge in [-0.2, -0.15) is 0 Å². The minimum atomic E-state index is -4.99. The largest absolute Gasteiger partial charge is 0.573 e. The first kappa shape index (κ1) is 29.3. The van der Waals surface area contributed by atoms with Crippen LogP contribution >= 0.6 is 0 Å². The van der Waals surface area contributed by atoms with Gasteiger partial charge in [0, 0.05) is 11.6 Å². The number of sulfonamides is 1. The van der Waals surface area contributed by atoms with Crippen molar-refractivity contribution >= 4 is 27.9 Å². The van der Waals surface area contributed by atoms with Crippen LogP contribution in [0.15, 0.2) is 53.4 Å². The number of ether oxygens (including phenoxy) is 6. The molecule has 210 valence electrons. The lowest BCUT2D eigenvalue weighted by Crippen LogP contribution is -2.18. The lowest BCUT2D eigenvalue weighted by molar-refractivity contribution is -0.274. The van der Waals surface area contributed by atoms with Gasteiger partial charge in [-0.3, -0.25) is 4.72 Å². The van der Waals surface area contributed by atoms with E-state index in [1.54, 1.807) is 36.4 Å². The molecule has 0 bridgehead atoms. The zero-order chi connectivity index (χ0) is 28.8. The summed E-state index contributed by atoms with van der Waals surface area (Å²) in [6.07, 6.45) is -1.72. The van der Waals surface area contributed by atoms with E-state index in [0.29, 0.717) is 28.4 Å². The minimum absolute atomic E-state index is 0.0114. The predicted molar refractivity (Wildman–Crippen MR) is 139 cm³/mol. The van der Waals surface area contributed by atoms with E-state index in [0.717, 1.165) is 24.3 Å². The molecule has 9 nitrogen and oxygen atoms in total. The van der Waals surface area contributed by atoms with Gasteiger partial charge >= 0.3 is 6.36 Å². The van der Waals surface area contributed by atoms with Crippen LogP contribution in [0.4, 0.5) is 18.9 Å². The fourth-order valence-corrected chi connectivity index (χ4v) is 4.73. The fourth-order valence-electron chi connectivity index (χ4n) is 3.60. The molecule has 0 spiro atoms. The molecule has 0 aliphatic carbocycles. The number of halogens is 3. The Hall–Kier alpha value is -4.26. The molecule has 0 aromatic heterocycles. The molecule has 13 heteroatoms. The summed E-state index contributed by atoms with van der Waals surface area (Å²) in [5.41, 5.74) is 0.973. The van der Waals surface area contributed by atoms with Crippen LogP contribution < -0.4 is 33.1 Å². The summed E-state index contributed by atoms with van der Waals surface area (Å²) in [6.45, 7) is 0. The van der Waals surface area contributed by atoms with Crippen LogP contribution in [0.2, 0.25) is 0 Å². The molecule has 3 aromatic rings. The maximum absolute atomic E-state index is 13.2. The molecule has 0 saturated carbocycles. The number of hydrogen-bond acceptors (Lipinski definition) is 8. The third-order valence-electron chi connectivity index (χ3n) is 5.31. The Balaban J connectivity index is 2.08. The van der Waals surface area contributed by atoms with Crippen molar-refractivity contribution in [1.82, 2.24) is 0 Å². The van der Waals surface area contributed by atoms with Gasteiger partial charge in [0.2, 0.25) is 5.75 Å². The highest BCUT2D eigenvalue weighted by Gasteiger charge is 2.31. The smallest absolute Gasteiger partial charge is 0.493 e. The second-order valence-corrected chi connectivity index (χ2v) is 9.37. The summed E-state index contributed by atoms with van der Waals surface area (Å²) in [6, 6.07) is 10.5. The molecule has 0 fully saturated rings. The minimum Gasteiger partial charge on any atom is -0.493 e. The molecule has 0 aliphatic rings. The third kappa shape index (κ3) is 6.99. The normalized spacial score (nSPS) is 11.7. The van der Waals surface area contributed by atoms with Crippen molar-refractivity contribution in [2.75, 3.05) is 40.3 Å². The zero-order valence-electron chi connectivity index (χ0n) is 21.6. The quantitative estimate of drug-likeness (QED) is 0.298. The molecular formula is C26H26F3NO8S. The molecular weight excluding hydrogens is 543 g/mol. The van der Waals surface area contributed by atoms with E-state index < -0.39 is 27.0 Å². The Morgan fingerprint density at radius 3 is 1.90 bits per heavy atom. The highest BCUT2D eigenvalue weighted by molar-refractivity contribution is 7.92. The van der Waals surface area contributed by atoms with Crippen LogP contribution in [0.5, 0.6) is 34.5 Å². The number of nitrogens with one attached hydrogen (secondary N) is 1. The number of alkyl halides is 3. The lowest BCUT2D eigenvalue weighted by atomic mass is 10.1. The Morgan fingerprint density at radius 2 is 1.36 bits per heavy atom. The molecule has 0 atom stereocenters. The average Bonchev–Trinajstić information content (AvgIpc) is 2.90. The second kappa shape index (κ2) is 12.1. The van der Waals surface area contributed by atoms with Crippen molar-refractivity contribution in [2.45, 2.75) is 11.3 Å². The van der Waals surface area contributed by atoms with Crippen LogP contribution in [0.25, 0.3) is 12.2 Å². The van der Waals surface area contributed by atoms with Crippen molar-refractivity contribution in [2.24, 2.45) is 0 Å². The van der Waals surface area contributed by atoms with E-state index >= 15 is 0 Å². The maximum atomic E-state index is 13.2. The van der Waals surface area contributed by atoms with Crippen molar-refractivity contribution < 1.29 is 50.0 Å². The number of anilines is 1. The van der Waals surface area contributed by atoms with Crippen molar-refractivity contribution in [3.8, 4) is 34.5 Å². The van der Waals surface area contributed by atoms with E-state index in [9.17, 15) is 21.6 Å². The molecule has 0 heterocycles. The highest BCUT2D eigenvalue weighted by atomic mass is 32.2. The zero-order valence-corrected chi connectivity index (χ0v) is 22.4. The Morgan fingerprint density at radius 1 is 0.744 bits per heavy atom. The molecule has 3 aromatic carbocycles. The standard InChI is InChI=1S/C26H26F3NO8S/c1-33-20-12-11-17(10-9-16-13-21(34-2)24(36-4)22(14-16)35-3)23(25(20)37-5)30-39(31,32)19-8-6-7-18(15-19)38-26(27,28)29/h6-15,30H,1-5H3/b10-9-. The Kier molecular flexibility index (Phi) is 9.07. The van der Waals surface area contributed by atoms with E-state index in [4.69, 9.17) is 23.7 Å². The maximum Gasteiger partial charge on any atom is 0.573 e. The SMILES string of the molecule is COc1cc(/C=C\c2ccc(OC)c(OC)c2NS(=O)(=O)c2cccc(OC(F)(F)F)c2)cc(OC)c1OC. The van der Waals surface area contributed by atoms with Gasteiger partial charge in [0.25, 0.3) is 10.0 Å². The van der Waals surface area contributed by atoms with E-state index in [1.807, 2.05) is 0 Å². The number of rotatable bonds is 11. The van der Waals surface area contributed by atoms with Crippen molar-refractivity contribution in [1.29, 1.82) is 0 Å². The van der Waals surface area contributed by atoms with Crippen LogP contribution in [-0.4, -0.2) is 50.3 Å². The van der Waals surface area contributed by atoms with Gasteiger partial charge in [-0.25, -0.2) is 8.42 Å². The molecule has 3 rings (SSSR count). The summed E-state index contributed by atoms with van der Waals surface area (Å²) in [4.78, 5) is -0.464. The van der Waals surface area contributed by atoms with Gasteiger partial charge in [-0.15, -0.1) is 13.2 Å². The lowest BCUT2D eigenvalue weighted by Gasteiger charge is -2.18. The van der Waals surface area contributed by atoms with Crippen molar-refractivity contribution in [3.63, 3.8) is 0 Å². The van der Waals surface area contributed by atoms with Crippen molar-refractivity contribution in [3.05, 3.63) is 59.7 Å². The summed E-state index contributed by atoms with van der Waals surface area (Å²) in [5, 5.41) is 0. The summed E-state index contributed by atoms with van der Waals surface area (Å²) < 4.78 is 97.5. The highest BCUT2D eigenvalue weighted by Crippen LogP contribution is 2.41. The van der Waals surface area contributed by atoms with E-state index in [-0.39, 0.29) is 17.2 Å². The molecule has 0 amide bonds. The summed E-state index contributed by atoms with van der Waals surface area (Å²) in [7, 11) is 2.71. The fraction of sp³-hybridized carbons (Fsp3) is 0.231. The molecule has 1 N–H and O–H groups in total. The molecule has 39 heavy (non-hydrogen) atoms. The van der Waals surface area contributed by atoms with Gasteiger partial charge in [-0.05, 0) is 42.0 Å². The molecule has 0 radical (unpaired) electrons. The first-order valence-corrected chi connectivity index (χ1v) is 12.6. The molecule has 0 unspecified atom stereocenters. The Labute approximate surface area is 223 Å². The number of hydrogen-bond donors (Lipinski definition) is 1. The number of methoxy groups -OCH3 is 5. The van der Waals surface area contributed by atoms with Crippen LogP contribution in [-0.2, 0) is 10.0 Å². The van der Waals surface area contributed by atoms with Crippen LogP contribution in [0.1, 0.15) is 11.1 Å². The monoisotopic (exact) mass is 569 g/mol. The summed E-state index contributed by atoms with van der Waals surface area (Å²) in [5.74, 6) is 0.792. The first-order chi connectivity index (χ1) is 18.5. The van der Waals surface area contributed by atoms with Gasteiger partial charge < -0.3 is 28.4 Å². The summed E-state index contributed by atoms with van der Waals surface area (Å²) >= 11 is 0. The molecule has 0 saturated heterocycles. The third-order valence-corrected chi connectivity index (χ3v) is 6.65. The van der Waals surface area contributed by atoms with Gasteiger partial charge in [0.05, 0.1) is 40.4 Å². The number of benzene rings is 3. The van der Waals surface area contributed by atoms with Gasteiger partial charge in [0.1, 0.15) is 11.4 Å². The molecule has 0 aliphatic heterocycles. The first-order valence-electron chi connectivity index (χ1n) is 11.1. The average molecular weight is 570 g/mol. The Bertz CT molecular complexity index is 1430. The predicted octanol–water partition coefficient (Wildman–Crippen LogP) is 5.60. The van der Waals surface area contributed by atoms with Crippen LogP contribution in [0, 0.1) is 0 Å². The van der Waals surface area contributed by atoms with Gasteiger partial charge in [-0.1, -0.05) is 18.2 Å². The second-order valence-electron chi connectivity index (χ2n) is 7.69. The topological polar surface area (TPSA) is 102 Å². The van der Waals surface area contributed by atoms with E-state index in [2.05, 4.69) is 9.46 Å². The van der Waals surface area contributed by atoms with E-state index in [1.165, 1.54) is 35.5 Å².